The third kappa shape index (κ3) is 23.4. The Hall–Kier alpha value is -4.55. The van der Waals surface area contributed by atoms with Crippen molar-refractivity contribution in [3.8, 4) is 0 Å². The Labute approximate surface area is 711 Å². The summed E-state index contributed by atoms with van der Waals surface area (Å²) in [5, 5.41) is 11.1. The zero-order valence-corrected chi connectivity index (χ0v) is 77.6. The maximum Gasteiger partial charge on any atom is 0.303 e. The van der Waals surface area contributed by atoms with Crippen molar-refractivity contribution in [3.63, 3.8) is 0 Å². The SMILES string of the molecule is CC(=O)O[C@@]1(COCc2ccccc2)CO[C@@H](C)C1C.CC(=O)O[C@@]1(COCc2ccccc2)CO[C@@H](OC2[C@H](C)CO[C@@H](O[C@H]3C(C)O[C@@H](O[Si](C(C)C)(C(C)C)C(C)C)[C@H]4OC(C)(C)OC34)[C@@H]2OCc2ccccc2)C1C.CC1O[C@@H](O[Si](C(C)C)(C(C)C)C(C)C)[C@H]2OC(C)(C)OC2[C@H]1O[C@@H]1OC[C@@H](C)C(O)[C@H]1OCc1ccccc1. The Morgan fingerprint density at radius 2 is 0.731 bits per heavy atom. The predicted octanol–water partition coefficient (Wildman–Crippen LogP) is 16.6. The van der Waals surface area contributed by atoms with E-state index in [1.807, 2.05) is 191 Å². The summed E-state index contributed by atoms with van der Waals surface area (Å²) in [4.78, 5) is 23.9. The molecule has 668 valence electrons. The van der Waals surface area contributed by atoms with Crippen LogP contribution in [0.2, 0.25) is 33.2 Å². The Morgan fingerprint density at radius 3 is 1.10 bits per heavy atom. The summed E-state index contributed by atoms with van der Waals surface area (Å²) in [7, 11) is -4.63. The molecule has 8 unspecified atom stereocenters. The molecule has 8 saturated heterocycles. The molecule has 1 N–H and O–H groups in total. The molecule has 0 spiro atoms. The zero-order valence-electron chi connectivity index (χ0n) is 75.6. The van der Waals surface area contributed by atoms with Crippen LogP contribution in [0.25, 0.3) is 0 Å². The Morgan fingerprint density at radius 1 is 0.395 bits per heavy atom. The molecule has 8 aliphatic rings. The lowest BCUT2D eigenvalue weighted by Crippen LogP contribution is -2.63. The summed E-state index contributed by atoms with van der Waals surface area (Å²) in [6.45, 7) is 54.9. The van der Waals surface area contributed by atoms with E-state index in [1.165, 1.54) is 13.8 Å². The first-order chi connectivity index (χ1) is 56.3. The van der Waals surface area contributed by atoms with Gasteiger partial charge in [-0.15, -0.1) is 0 Å². The molecule has 119 heavy (non-hydrogen) atoms. The van der Waals surface area contributed by atoms with Gasteiger partial charge in [0.15, 0.2) is 54.2 Å². The number of fused-ring (bicyclic) bond motifs is 2. The Balaban J connectivity index is 0.000000212. The molecular weight excluding hydrogens is 1560 g/mol. The zero-order chi connectivity index (χ0) is 86.7. The topological polar surface area (TPSA) is 248 Å². The lowest BCUT2D eigenvalue weighted by Gasteiger charge is -2.50. The van der Waals surface area contributed by atoms with Gasteiger partial charge < -0.3 is 104 Å². The number of aliphatic hydroxyl groups excluding tert-OH is 1. The van der Waals surface area contributed by atoms with Crippen LogP contribution >= 0.6 is 0 Å². The van der Waals surface area contributed by atoms with E-state index in [-0.39, 0.29) is 55.1 Å². The van der Waals surface area contributed by atoms with Crippen molar-refractivity contribution in [1.29, 1.82) is 0 Å². The molecule has 0 aromatic heterocycles. The van der Waals surface area contributed by atoms with Crippen LogP contribution in [0.3, 0.4) is 0 Å². The molecule has 26 heteroatoms. The summed E-state index contributed by atoms with van der Waals surface area (Å²) in [6, 6.07) is 39.7. The highest BCUT2D eigenvalue weighted by atomic mass is 28.4. The van der Waals surface area contributed by atoms with E-state index in [0.29, 0.717) is 86.1 Å². The molecule has 4 aromatic rings. The summed E-state index contributed by atoms with van der Waals surface area (Å²) >= 11 is 0. The smallest absolute Gasteiger partial charge is 0.303 e. The highest BCUT2D eigenvalue weighted by Crippen LogP contribution is 2.51. The third-order valence-corrected chi connectivity index (χ3v) is 37.6. The molecule has 24 atom stereocenters. The first kappa shape index (κ1) is 96.7. The van der Waals surface area contributed by atoms with Gasteiger partial charge in [0.25, 0.3) is 0 Å². The fourth-order valence-corrected chi connectivity index (χ4v) is 30.0. The molecular formula is C93H144O24Si2. The van der Waals surface area contributed by atoms with Gasteiger partial charge in [-0.05, 0) is 104 Å². The molecule has 12 rings (SSSR count). The number of rotatable bonds is 32. The number of carbonyl (C=O) groups excluding carboxylic acids is 2. The molecule has 0 saturated carbocycles. The van der Waals surface area contributed by atoms with E-state index in [2.05, 4.69) is 90.0 Å². The van der Waals surface area contributed by atoms with Crippen LogP contribution in [0.5, 0.6) is 0 Å². The van der Waals surface area contributed by atoms with Crippen molar-refractivity contribution >= 4 is 28.6 Å². The number of esters is 2. The van der Waals surface area contributed by atoms with Gasteiger partial charge in [0.2, 0.25) is 16.6 Å². The first-order valence-corrected chi connectivity index (χ1v) is 48.0. The standard InChI is InChI=1S/C46H70O12Si.C31H52O8Si.C16H22O4/c1-28(2)59(29(3)4,30(5)6)58-44-41-39(56-45(11,12)57-41)38(33(9)52-44)54-43-40(49-25-36-21-17-14-18-22-36)37(31(7)23-50-43)53-42-32(8)46(27-51-42,55-34(10)47)26-48-24-35-19-15-13-16-20-35;1-18(2)40(19(3)4,20(5)6)39-30-28-27(37-31(9,10)38-28)25(22(8)35-30)36-29-26(24(32)21(7)16-34-29)33-17-23-14-12-11-13-15-23;1-12-13(2)19-11-16(12,20-14(3)17)10-18-9-15-7-5-4-6-8-15/h13-22,28-33,37-44H,23-27H2,1-12H3;11-15,18-22,24-30,32H,16-17H2,1-10H3;4-8,12-13H,9-11H2,1-3H3/t31-,32?,33?,37?,38+,39?,40-,41+,42+,43+,44+,46+;21-,22?,24?,25+,26-,27?,28+,29+,30+;12?,13-,16-/m110/s1. The minimum absolute atomic E-state index is 0.0645. The number of hydrogen-bond acceptors (Lipinski definition) is 24. The fourth-order valence-electron chi connectivity index (χ4n) is 19.2. The van der Waals surface area contributed by atoms with Crippen molar-refractivity contribution in [2.24, 2.45) is 23.7 Å². The van der Waals surface area contributed by atoms with Gasteiger partial charge in [0, 0.05) is 31.6 Å². The van der Waals surface area contributed by atoms with Crippen molar-refractivity contribution < 1.29 is 114 Å². The lowest BCUT2D eigenvalue weighted by atomic mass is 9.89. The van der Waals surface area contributed by atoms with E-state index in [9.17, 15) is 14.7 Å². The number of carbonyl (C=O) groups is 2. The molecule has 0 radical (unpaired) electrons. The van der Waals surface area contributed by atoms with Gasteiger partial charge in [0.1, 0.15) is 48.8 Å². The average molecular weight is 1700 g/mol. The second-order valence-corrected chi connectivity index (χ2v) is 48.0. The number of benzene rings is 4. The minimum Gasteiger partial charge on any atom is -0.454 e. The second kappa shape index (κ2) is 42.2. The summed E-state index contributed by atoms with van der Waals surface area (Å²) < 4.78 is 135. The van der Waals surface area contributed by atoms with Crippen LogP contribution in [0.1, 0.15) is 195 Å². The van der Waals surface area contributed by atoms with Crippen molar-refractivity contribution in [3.05, 3.63) is 144 Å². The molecule has 24 nitrogen and oxygen atoms in total. The molecule has 8 aliphatic heterocycles. The van der Waals surface area contributed by atoms with Gasteiger partial charge >= 0.3 is 11.9 Å². The van der Waals surface area contributed by atoms with Crippen LogP contribution in [-0.4, -0.2) is 207 Å². The van der Waals surface area contributed by atoms with Crippen molar-refractivity contribution in [1.82, 2.24) is 0 Å². The summed E-state index contributed by atoms with van der Waals surface area (Å²) in [6.07, 6.45) is -9.95. The molecule has 0 aliphatic carbocycles. The molecule has 8 heterocycles. The van der Waals surface area contributed by atoms with E-state index < -0.39 is 144 Å². The van der Waals surface area contributed by atoms with Crippen molar-refractivity contribution in [2.75, 3.05) is 39.6 Å². The predicted molar refractivity (Wildman–Crippen MR) is 454 cm³/mol. The third-order valence-electron chi connectivity index (χ3n) is 25.5. The van der Waals surface area contributed by atoms with Gasteiger partial charge in [-0.3, -0.25) is 9.59 Å². The van der Waals surface area contributed by atoms with Crippen LogP contribution < -0.4 is 0 Å². The van der Waals surface area contributed by atoms with Crippen LogP contribution in [0, 0.1) is 23.7 Å². The number of aliphatic hydroxyl groups is 1. The Kier molecular flexibility index (Phi) is 34.3. The van der Waals surface area contributed by atoms with Crippen LogP contribution in [0.15, 0.2) is 121 Å². The molecule has 0 amide bonds. The maximum atomic E-state index is 12.5. The van der Waals surface area contributed by atoms with Gasteiger partial charge in [-0.25, -0.2) is 0 Å². The van der Waals surface area contributed by atoms with E-state index in [0.717, 1.165) is 22.3 Å². The lowest BCUT2D eigenvalue weighted by molar-refractivity contribution is -0.339. The highest BCUT2D eigenvalue weighted by Gasteiger charge is 2.63. The Bertz CT molecular complexity index is 3670. The van der Waals surface area contributed by atoms with Gasteiger partial charge in [-0.2, -0.15) is 0 Å². The summed E-state index contributed by atoms with van der Waals surface area (Å²) in [5.41, 5.74) is 4.68. The largest absolute Gasteiger partial charge is 0.454 e. The molecule has 4 aromatic carbocycles. The van der Waals surface area contributed by atoms with Gasteiger partial charge in [0.05, 0.1) is 103 Å². The van der Waals surface area contributed by atoms with Crippen molar-refractivity contribution in [2.45, 2.75) is 366 Å². The maximum absolute atomic E-state index is 12.5. The van der Waals surface area contributed by atoms with Crippen LogP contribution in [-0.2, 0) is 135 Å². The van der Waals surface area contributed by atoms with E-state index >= 15 is 0 Å². The normalized spacial score (nSPS) is 34.4. The monoisotopic (exact) mass is 1700 g/mol. The van der Waals surface area contributed by atoms with E-state index in [1.54, 1.807) is 0 Å². The number of ether oxygens (including phenoxy) is 19. The quantitative estimate of drug-likeness (QED) is 0.0352. The van der Waals surface area contributed by atoms with E-state index in [4.69, 9.17) is 98.9 Å². The first-order valence-electron chi connectivity index (χ1n) is 43.7. The van der Waals surface area contributed by atoms with Crippen LogP contribution in [0.4, 0.5) is 0 Å². The number of hydrogen-bond donors (Lipinski definition) is 1. The second-order valence-electron chi connectivity index (χ2n) is 37.1. The highest BCUT2D eigenvalue weighted by molar-refractivity contribution is 6.78. The fraction of sp³-hybridized carbons (Fsp3) is 0.720. The summed E-state index contributed by atoms with van der Waals surface area (Å²) in [5.74, 6) is -2.88. The van der Waals surface area contributed by atoms with Gasteiger partial charge in [-0.1, -0.05) is 232 Å². The minimum atomic E-state index is -2.36. The molecule has 0 bridgehead atoms. The average Bonchev–Trinajstić information content (AvgIpc) is 1.68. The molecule has 8 fully saturated rings.